The van der Waals surface area contributed by atoms with E-state index in [2.05, 4.69) is 0 Å². The summed E-state index contributed by atoms with van der Waals surface area (Å²) >= 11 is 0. The Morgan fingerprint density at radius 3 is 2.71 bits per heavy atom. The summed E-state index contributed by atoms with van der Waals surface area (Å²) in [6.45, 7) is 6.54. The summed E-state index contributed by atoms with van der Waals surface area (Å²) in [7, 11) is -2.35. The Bertz CT molecular complexity index is 206. The molecule has 5 nitrogen and oxygen atoms in total. The van der Waals surface area contributed by atoms with Crippen LogP contribution in [0.5, 0.6) is 0 Å². The van der Waals surface area contributed by atoms with Gasteiger partial charge in [0.05, 0.1) is 19.8 Å². The lowest BCUT2D eigenvalue weighted by Gasteiger charge is -2.16. The van der Waals surface area contributed by atoms with E-state index in [1.54, 1.807) is 6.92 Å². The zero-order valence-electron chi connectivity index (χ0n) is 8.74. The summed E-state index contributed by atoms with van der Waals surface area (Å²) < 4.78 is 31.5. The third kappa shape index (κ3) is 4.07. The molecule has 1 aliphatic heterocycles. The zero-order valence-corrected chi connectivity index (χ0v) is 9.74. The predicted octanol–water partition coefficient (Wildman–Crippen LogP) is 1.58. The molecule has 2 unspecified atom stereocenters. The first kappa shape index (κ1) is 12.1. The molecule has 0 radical (unpaired) electrons. The molecule has 0 aliphatic carbocycles. The first-order valence-electron chi connectivity index (χ1n) is 4.65. The lowest BCUT2D eigenvalue weighted by Crippen LogP contribution is -2.23. The highest BCUT2D eigenvalue weighted by atomic mass is 31.1. The monoisotopic (exact) mass is 224 g/mol. The smallest absolute Gasteiger partial charge is 0.319 e. The van der Waals surface area contributed by atoms with E-state index in [9.17, 15) is 4.57 Å². The van der Waals surface area contributed by atoms with Crippen molar-refractivity contribution in [2.24, 2.45) is 0 Å². The summed E-state index contributed by atoms with van der Waals surface area (Å²) in [5.74, 6) is -0.560. The molecule has 0 aromatic rings. The summed E-state index contributed by atoms with van der Waals surface area (Å²) in [5, 5.41) is 0. The summed E-state index contributed by atoms with van der Waals surface area (Å²) in [5.41, 5.74) is 0. The summed E-state index contributed by atoms with van der Waals surface area (Å²) in [6.07, 6.45) is -0.153. The van der Waals surface area contributed by atoms with Gasteiger partial charge in [0.1, 0.15) is 6.10 Å². The van der Waals surface area contributed by atoms with Crippen molar-refractivity contribution in [3.05, 3.63) is 0 Å². The Hall–Kier alpha value is 0.0700. The van der Waals surface area contributed by atoms with E-state index in [1.165, 1.54) is 0 Å². The lowest BCUT2D eigenvalue weighted by atomic mass is 10.4. The van der Waals surface area contributed by atoms with Crippen LogP contribution in [-0.4, -0.2) is 31.7 Å². The van der Waals surface area contributed by atoms with Crippen LogP contribution < -0.4 is 0 Å². The van der Waals surface area contributed by atoms with Gasteiger partial charge >= 0.3 is 8.25 Å². The van der Waals surface area contributed by atoms with Gasteiger partial charge in [0.2, 0.25) is 0 Å². The van der Waals surface area contributed by atoms with Crippen molar-refractivity contribution in [2.75, 3.05) is 19.8 Å². The molecule has 14 heavy (non-hydrogen) atoms. The molecule has 0 saturated carbocycles. The third-order valence-corrected chi connectivity index (χ3v) is 2.64. The molecule has 1 fully saturated rings. The second kappa shape index (κ2) is 5.24. The van der Waals surface area contributed by atoms with Gasteiger partial charge in [-0.15, -0.1) is 0 Å². The fraction of sp³-hybridized carbons (Fsp3) is 1.00. The number of rotatable bonds is 5. The van der Waals surface area contributed by atoms with Gasteiger partial charge in [-0.2, -0.15) is 0 Å². The molecule has 0 spiro atoms. The van der Waals surface area contributed by atoms with Crippen LogP contribution >= 0.6 is 8.25 Å². The van der Waals surface area contributed by atoms with E-state index in [1.807, 2.05) is 13.8 Å². The fourth-order valence-electron chi connectivity index (χ4n) is 1.17. The molecular weight excluding hydrogens is 207 g/mol. The fourth-order valence-corrected chi connectivity index (χ4v) is 1.81. The van der Waals surface area contributed by atoms with Crippen molar-refractivity contribution >= 4 is 8.25 Å². The Labute approximate surface area is 84.6 Å². The molecule has 0 aromatic carbocycles. The van der Waals surface area contributed by atoms with Crippen LogP contribution in [0.15, 0.2) is 0 Å². The molecule has 0 bridgehead atoms. The molecular formula is C8H17O5P. The quantitative estimate of drug-likeness (QED) is 0.663. The van der Waals surface area contributed by atoms with Gasteiger partial charge in [-0.05, 0) is 20.8 Å². The average molecular weight is 224 g/mol. The zero-order chi connectivity index (χ0) is 10.6. The summed E-state index contributed by atoms with van der Waals surface area (Å²) in [6, 6.07) is 0. The van der Waals surface area contributed by atoms with E-state index in [0.29, 0.717) is 13.2 Å². The van der Waals surface area contributed by atoms with Crippen molar-refractivity contribution in [3.8, 4) is 0 Å². The highest BCUT2D eigenvalue weighted by molar-refractivity contribution is 7.33. The average Bonchev–Trinajstić information content (AvgIpc) is 2.43. The van der Waals surface area contributed by atoms with Gasteiger partial charge in [0.25, 0.3) is 0 Å². The largest absolute Gasteiger partial charge is 0.348 e. The molecule has 0 amide bonds. The van der Waals surface area contributed by atoms with Gasteiger partial charge in [-0.1, -0.05) is 0 Å². The molecule has 2 atom stereocenters. The van der Waals surface area contributed by atoms with Crippen LogP contribution in [0.25, 0.3) is 0 Å². The van der Waals surface area contributed by atoms with Crippen LogP contribution in [0.3, 0.4) is 0 Å². The first-order chi connectivity index (χ1) is 6.53. The molecule has 6 heteroatoms. The van der Waals surface area contributed by atoms with E-state index >= 15 is 0 Å². The second-order valence-electron chi connectivity index (χ2n) is 3.44. The minimum atomic E-state index is -2.35. The first-order valence-corrected chi connectivity index (χ1v) is 5.87. The van der Waals surface area contributed by atoms with Crippen LogP contribution in [0.4, 0.5) is 0 Å². The van der Waals surface area contributed by atoms with Gasteiger partial charge in [0, 0.05) is 0 Å². The molecule has 1 heterocycles. The highest BCUT2D eigenvalue weighted by Crippen LogP contribution is 2.27. The van der Waals surface area contributed by atoms with Crippen LogP contribution in [0, 0.1) is 0 Å². The van der Waals surface area contributed by atoms with Crippen LogP contribution in [0.1, 0.15) is 20.8 Å². The predicted molar refractivity (Wildman–Crippen MR) is 51.5 cm³/mol. The highest BCUT2D eigenvalue weighted by Gasteiger charge is 2.32. The Morgan fingerprint density at radius 2 is 2.21 bits per heavy atom. The van der Waals surface area contributed by atoms with Gasteiger partial charge in [-0.3, -0.25) is 4.57 Å². The van der Waals surface area contributed by atoms with E-state index in [4.69, 9.17) is 18.5 Å². The molecule has 84 valence electrons. The maximum Gasteiger partial charge on any atom is 0.319 e. The normalized spacial score (nSPS) is 27.8. The minimum Gasteiger partial charge on any atom is -0.348 e. The van der Waals surface area contributed by atoms with Crippen molar-refractivity contribution in [3.63, 3.8) is 0 Å². The maximum atomic E-state index is 11.0. The van der Waals surface area contributed by atoms with Gasteiger partial charge < -0.3 is 18.5 Å². The van der Waals surface area contributed by atoms with Crippen molar-refractivity contribution in [1.82, 2.24) is 0 Å². The van der Waals surface area contributed by atoms with Crippen molar-refractivity contribution < 1.29 is 23.1 Å². The number of hydrogen-bond acceptors (Lipinski definition) is 5. The maximum absolute atomic E-state index is 11.0. The molecule has 1 rings (SSSR count). The standard InChI is InChI=1S/C8H17O5P/c1-4-11-14(9)12-6-7-5-10-8(2,3)13-7/h7,14H,4-6H2,1-3H3. The topological polar surface area (TPSA) is 54.0 Å². The SMILES string of the molecule is CCO[PH](=O)OCC1COC(C)(C)O1. The molecule has 0 aromatic heterocycles. The van der Waals surface area contributed by atoms with Gasteiger partial charge in [-0.25, -0.2) is 0 Å². The third-order valence-electron chi connectivity index (χ3n) is 1.72. The Balaban J connectivity index is 2.17. The summed E-state index contributed by atoms with van der Waals surface area (Å²) in [4.78, 5) is 0. The van der Waals surface area contributed by atoms with E-state index in [0.717, 1.165) is 0 Å². The Kier molecular flexibility index (Phi) is 4.54. The van der Waals surface area contributed by atoms with Gasteiger partial charge in [0.15, 0.2) is 5.79 Å². The van der Waals surface area contributed by atoms with E-state index in [-0.39, 0.29) is 12.7 Å². The van der Waals surface area contributed by atoms with E-state index < -0.39 is 14.0 Å². The minimum absolute atomic E-state index is 0.153. The molecule has 1 saturated heterocycles. The molecule has 1 aliphatic rings. The second-order valence-corrected chi connectivity index (χ2v) is 4.52. The number of ether oxygens (including phenoxy) is 2. The Morgan fingerprint density at radius 1 is 1.50 bits per heavy atom. The van der Waals surface area contributed by atoms with Crippen LogP contribution in [0.2, 0.25) is 0 Å². The van der Waals surface area contributed by atoms with Crippen LogP contribution in [-0.2, 0) is 23.1 Å². The number of hydrogen-bond donors (Lipinski definition) is 0. The van der Waals surface area contributed by atoms with Crippen molar-refractivity contribution in [1.29, 1.82) is 0 Å². The lowest BCUT2D eigenvalue weighted by molar-refractivity contribution is -0.141. The van der Waals surface area contributed by atoms with Crippen molar-refractivity contribution in [2.45, 2.75) is 32.7 Å². The molecule has 0 N–H and O–H groups in total.